The number of amides is 6. The van der Waals surface area contributed by atoms with E-state index in [0.29, 0.717) is 58.9 Å². The number of rotatable bonds is 23. The number of ketones is 1. The first-order chi connectivity index (χ1) is 35.6. The number of fused-ring (bicyclic) bond motifs is 3. The monoisotopic (exact) mass is 1040 g/mol. The molecule has 75 heavy (non-hydrogen) atoms. The van der Waals surface area contributed by atoms with E-state index in [-0.39, 0.29) is 103 Å². The van der Waals surface area contributed by atoms with Gasteiger partial charge in [-0.15, -0.1) is 0 Å². The molecule has 3 aromatic carbocycles. The Bertz CT molecular complexity index is 3020. The Morgan fingerprint density at radius 2 is 1.48 bits per heavy atom. The molecule has 6 amide bonds. The highest BCUT2D eigenvalue weighted by Crippen LogP contribution is 2.46. The van der Waals surface area contributed by atoms with E-state index in [0.717, 1.165) is 0 Å². The van der Waals surface area contributed by atoms with Crippen molar-refractivity contribution in [3.8, 4) is 11.5 Å². The number of unbranched alkanes of at least 4 members (excludes halogenated alkanes) is 3. The molecule has 19 nitrogen and oxygen atoms in total. The molecule has 0 fully saturated rings. The fraction of sp³-hybridized carbons (Fsp3) is 0.377. The number of nitrogens with one attached hydrogen (secondary N) is 6. The summed E-state index contributed by atoms with van der Waals surface area (Å²) in [6.07, 6.45) is -1.66. The lowest BCUT2D eigenvalue weighted by Crippen LogP contribution is -2.51. The smallest absolute Gasteiger partial charge is 0.471 e. The minimum absolute atomic E-state index is 0.0200. The highest BCUT2D eigenvalue weighted by Gasteiger charge is 2.38. The number of aromatic carboxylic acids is 1. The van der Waals surface area contributed by atoms with E-state index < -0.39 is 71.8 Å². The number of anilines is 1. The van der Waals surface area contributed by atoms with Crippen molar-refractivity contribution in [1.82, 2.24) is 26.6 Å². The number of carboxylic acids is 1. The second-order valence-corrected chi connectivity index (χ2v) is 18.5. The van der Waals surface area contributed by atoms with Gasteiger partial charge >= 0.3 is 23.7 Å². The van der Waals surface area contributed by atoms with Crippen molar-refractivity contribution in [2.75, 3.05) is 25.0 Å². The number of benzene rings is 3. The summed E-state index contributed by atoms with van der Waals surface area (Å²) in [6.45, 7) is 4.59. The van der Waals surface area contributed by atoms with Gasteiger partial charge in [0.2, 0.25) is 23.6 Å². The van der Waals surface area contributed by atoms with Gasteiger partial charge in [0.1, 0.15) is 34.9 Å². The van der Waals surface area contributed by atoms with E-state index in [4.69, 9.17) is 9.15 Å². The molecule has 2 aliphatic rings. The van der Waals surface area contributed by atoms with Crippen LogP contribution in [0, 0.1) is 12.8 Å². The van der Waals surface area contributed by atoms with Crippen LogP contribution in [-0.4, -0.2) is 95.3 Å². The number of hydrogen-bond donors (Lipinski definition) is 8. The number of ether oxygens (including phenoxy) is 1. The maximum atomic E-state index is 13.5. The molecule has 2 atom stereocenters. The zero-order valence-electron chi connectivity index (χ0n) is 41.3. The van der Waals surface area contributed by atoms with Crippen LogP contribution in [0.1, 0.15) is 115 Å². The fourth-order valence-corrected chi connectivity index (χ4v) is 8.56. The first-order valence-electron chi connectivity index (χ1n) is 24.3. The lowest BCUT2D eigenvalue weighted by Gasteiger charge is -2.29. The fourth-order valence-electron chi connectivity index (χ4n) is 8.56. The van der Waals surface area contributed by atoms with Gasteiger partial charge in [-0.3, -0.25) is 33.6 Å². The number of carbonyl (C=O) groups excluding carboxylic acids is 7. The number of alkyl halides is 3. The average Bonchev–Trinajstić information content (AvgIpc) is 3.34. The van der Waals surface area contributed by atoms with Crippen LogP contribution in [-0.2, 0) is 28.8 Å². The summed E-state index contributed by atoms with van der Waals surface area (Å²) in [6, 6.07) is 12.3. The molecule has 0 radical (unpaired) electrons. The molecule has 1 aliphatic carbocycles. The van der Waals surface area contributed by atoms with Gasteiger partial charge < -0.3 is 51.3 Å². The van der Waals surface area contributed by atoms with Gasteiger partial charge in [-0.05, 0) is 105 Å². The summed E-state index contributed by atoms with van der Waals surface area (Å²) in [5.41, 5.74) is 2.30. The predicted octanol–water partition coefficient (Wildman–Crippen LogP) is 5.86. The maximum absolute atomic E-state index is 13.5. The molecular weight excluding hydrogens is 986 g/mol. The third kappa shape index (κ3) is 15.4. The summed E-state index contributed by atoms with van der Waals surface area (Å²) < 4.78 is 49.1. The van der Waals surface area contributed by atoms with E-state index in [1.165, 1.54) is 48.5 Å². The van der Waals surface area contributed by atoms with Crippen molar-refractivity contribution in [2.45, 2.75) is 103 Å². The number of carboxylic acid groups (broad SMARTS) is 1. The van der Waals surface area contributed by atoms with Crippen LogP contribution in [0.25, 0.3) is 16.5 Å². The van der Waals surface area contributed by atoms with Gasteiger partial charge in [-0.1, -0.05) is 26.3 Å². The van der Waals surface area contributed by atoms with Crippen LogP contribution >= 0.6 is 0 Å². The van der Waals surface area contributed by atoms with Gasteiger partial charge in [0.25, 0.3) is 5.91 Å². The Morgan fingerprint density at radius 3 is 2.21 bits per heavy atom. The molecule has 0 bridgehead atoms. The van der Waals surface area contributed by atoms with Crippen LogP contribution in [0.3, 0.4) is 0 Å². The van der Waals surface area contributed by atoms with E-state index >= 15 is 0 Å². The number of hydrogen-bond acceptors (Lipinski definition) is 12. The van der Waals surface area contributed by atoms with Crippen molar-refractivity contribution in [1.29, 1.82) is 0 Å². The molecule has 8 N–H and O–H groups in total. The molecule has 0 saturated carbocycles. The van der Waals surface area contributed by atoms with E-state index in [1.807, 2.05) is 13.8 Å². The predicted molar refractivity (Wildman–Crippen MR) is 266 cm³/mol. The molecule has 398 valence electrons. The Kier molecular flexibility index (Phi) is 18.7. The van der Waals surface area contributed by atoms with E-state index in [1.54, 1.807) is 30.4 Å². The van der Waals surface area contributed by atoms with Crippen LogP contribution in [0.15, 0.2) is 87.3 Å². The third-order valence-corrected chi connectivity index (χ3v) is 12.2. The summed E-state index contributed by atoms with van der Waals surface area (Å²) in [4.78, 5) is 114. The van der Waals surface area contributed by atoms with Crippen LogP contribution < -0.4 is 42.3 Å². The SMILES string of the molecule is Cc1cc(=O)oc2cc(NC(=O)[C@H](CCCCNC(=O)C(F)(F)F)NC(=O)CNC(=O)[C@H](CC(C)C)NC(=O)CCCCCNC(=O)c3ccc(C4=C5CCC(=O)C=C5Oc5cc(O)ccc54)c(C(=O)O)c3)ccc12. The summed E-state index contributed by atoms with van der Waals surface area (Å²) in [5.74, 6) is -6.40. The van der Waals surface area contributed by atoms with Crippen molar-refractivity contribution < 1.29 is 70.9 Å². The summed E-state index contributed by atoms with van der Waals surface area (Å²) >= 11 is 0. The van der Waals surface area contributed by atoms with Gasteiger partial charge in [-0.2, -0.15) is 13.2 Å². The zero-order valence-corrected chi connectivity index (χ0v) is 41.3. The second kappa shape index (κ2) is 25.1. The largest absolute Gasteiger partial charge is 0.508 e. The number of phenols is 1. The highest BCUT2D eigenvalue weighted by molar-refractivity contribution is 6.05. The number of allylic oxidation sites excluding steroid dienone is 2. The summed E-state index contributed by atoms with van der Waals surface area (Å²) in [7, 11) is 0. The van der Waals surface area contributed by atoms with Gasteiger partial charge in [0.05, 0.1) is 12.1 Å². The van der Waals surface area contributed by atoms with Crippen molar-refractivity contribution in [3.63, 3.8) is 0 Å². The molecule has 0 unspecified atom stereocenters. The van der Waals surface area contributed by atoms with Crippen LogP contribution in [0.4, 0.5) is 18.9 Å². The lowest BCUT2D eigenvalue weighted by molar-refractivity contribution is -0.173. The van der Waals surface area contributed by atoms with Crippen LogP contribution in [0.5, 0.6) is 11.5 Å². The van der Waals surface area contributed by atoms with E-state index in [2.05, 4.69) is 26.6 Å². The number of carbonyl (C=O) groups is 8. The average molecular weight is 1040 g/mol. The van der Waals surface area contributed by atoms with Crippen LogP contribution in [0.2, 0.25) is 0 Å². The zero-order chi connectivity index (χ0) is 54.6. The first-order valence-corrected chi connectivity index (χ1v) is 24.3. The van der Waals surface area contributed by atoms with E-state index in [9.17, 15) is 66.5 Å². The maximum Gasteiger partial charge on any atom is 0.471 e. The quantitative estimate of drug-likeness (QED) is 0.0320. The standard InChI is InChI=1S/C53H57F3N6O13/c1-28(2)21-40(49(69)59-27-45(66)61-39(9-6-8-20-58-52(73)53(54,55)56)50(70)60-31-12-16-34-29(3)22-46(67)75-41(34)24-31)62-44(65)10-5-4-7-19-57-48(68)30-11-15-35(38(23-30)51(71)72)47-36-17-13-32(63)25-42(36)74-43-26-33(64)14-18-37(43)47/h11-13,15-17,22-26,28,39-40,63H,4-10,14,18-21,27H2,1-3H3,(H,57,68)(H,58,73)(H,59,69)(H,60,70)(H,61,66)(H,62,65)(H,71,72)/t39-,40-/m0/s1. The van der Waals surface area contributed by atoms with Crippen molar-refractivity contribution in [3.05, 3.63) is 116 Å². The first kappa shape index (κ1) is 56.0. The number of halogens is 3. The molecule has 0 spiro atoms. The van der Waals surface area contributed by atoms with Crippen molar-refractivity contribution >= 4 is 69.4 Å². The third-order valence-electron chi connectivity index (χ3n) is 12.2. The van der Waals surface area contributed by atoms with Crippen molar-refractivity contribution in [2.24, 2.45) is 5.92 Å². The number of aryl methyl sites for hydroxylation is 1. The second-order valence-electron chi connectivity index (χ2n) is 18.5. The number of aromatic hydroxyl groups is 1. The van der Waals surface area contributed by atoms with Gasteiger partial charge in [0.15, 0.2) is 5.78 Å². The molecule has 4 aromatic rings. The summed E-state index contributed by atoms with van der Waals surface area (Å²) in [5, 5.41) is 35.9. The molecular formula is C53H57F3N6O13. The molecule has 22 heteroatoms. The molecule has 1 aromatic heterocycles. The Morgan fingerprint density at radius 1 is 0.760 bits per heavy atom. The number of phenolic OH excluding ortho intramolecular Hbond substituents is 1. The topological polar surface area (TPSA) is 289 Å². The van der Waals surface area contributed by atoms with Gasteiger partial charge in [-0.25, -0.2) is 9.59 Å². The highest BCUT2D eigenvalue weighted by atomic mass is 19.4. The molecule has 0 saturated heterocycles. The molecule has 2 heterocycles. The lowest BCUT2D eigenvalue weighted by atomic mass is 9.83. The Balaban J connectivity index is 0.981. The minimum Gasteiger partial charge on any atom is -0.508 e. The molecule has 6 rings (SSSR count). The Hall–Kier alpha value is -8.30. The Labute approximate surface area is 427 Å². The van der Waals surface area contributed by atoms with Gasteiger partial charge in [0, 0.05) is 83.6 Å². The normalized spacial score (nSPS) is 13.9. The molecule has 1 aliphatic heterocycles. The minimum atomic E-state index is -5.07.